The molecule has 0 fully saturated rings. The molecule has 0 bridgehead atoms. The topological polar surface area (TPSA) is 85.4 Å². The number of rotatable bonds is 5. The van der Waals surface area contributed by atoms with Gasteiger partial charge >= 0.3 is 5.97 Å². The van der Waals surface area contributed by atoms with Crippen molar-refractivity contribution >= 4 is 27.3 Å². The molecule has 1 heterocycles. The third-order valence-corrected chi connectivity index (χ3v) is 5.04. The molecule has 0 aliphatic carbocycles. The van der Waals surface area contributed by atoms with Crippen molar-refractivity contribution in [2.75, 3.05) is 7.11 Å². The van der Waals surface area contributed by atoms with E-state index in [1.807, 2.05) is 6.92 Å². The number of methoxy groups -OCH3 is 1. The highest BCUT2D eigenvalue weighted by Gasteiger charge is 2.22. The Morgan fingerprint density at radius 2 is 2.10 bits per heavy atom. The first-order chi connectivity index (χ1) is 9.94. The highest BCUT2D eigenvalue weighted by molar-refractivity contribution is 7.89. The Hall–Kier alpha value is -1.77. The molecule has 0 unspecified atom stereocenters. The van der Waals surface area contributed by atoms with Gasteiger partial charge in [0, 0.05) is 11.1 Å². The summed E-state index contributed by atoms with van der Waals surface area (Å²) in [5.74, 6) is -0.693. The van der Waals surface area contributed by atoms with Crippen LogP contribution < -0.4 is 4.72 Å². The maximum absolute atomic E-state index is 12.3. The molecule has 0 aliphatic rings. The van der Waals surface area contributed by atoms with Gasteiger partial charge in [-0.05, 0) is 19.1 Å². The van der Waals surface area contributed by atoms with Crippen molar-refractivity contribution in [2.45, 2.75) is 18.4 Å². The summed E-state index contributed by atoms with van der Waals surface area (Å²) in [6.45, 7) is 1.97. The number of hydrogen-bond acceptors (Lipinski definition) is 6. The van der Waals surface area contributed by atoms with Gasteiger partial charge in [0.2, 0.25) is 10.0 Å². The van der Waals surface area contributed by atoms with Crippen LogP contribution in [0.5, 0.6) is 0 Å². The Morgan fingerprint density at radius 1 is 1.38 bits per heavy atom. The summed E-state index contributed by atoms with van der Waals surface area (Å²) in [6.07, 6.45) is 1.68. The van der Waals surface area contributed by atoms with Crippen LogP contribution in [0, 0.1) is 6.92 Å². The van der Waals surface area contributed by atoms with Crippen LogP contribution >= 0.6 is 11.3 Å². The van der Waals surface area contributed by atoms with Gasteiger partial charge in [0.1, 0.15) is 5.01 Å². The number of nitrogens with zero attached hydrogens (tertiary/aromatic N) is 1. The maximum atomic E-state index is 12.3. The number of ether oxygens (including phenoxy) is 1. The third kappa shape index (κ3) is 3.66. The predicted octanol–water partition coefficient (Wildman–Crippen LogP) is 1.72. The first kappa shape index (κ1) is 15.6. The van der Waals surface area contributed by atoms with Crippen LogP contribution in [0.2, 0.25) is 0 Å². The predicted molar refractivity (Wildman–Crippen MR) is 78.7 cm³/mol. The summed E-state index contributed by atoms with van der Waals surface area (Å²) in [5.41, 5.74) is 0.00261. The number of nitrogens with one attached hydrogen (secondary N) is 1. The van der Waals surface area contributed by atoms with E-state index in [1.165, 1.54) is 30.6 Å². The molecule has 8 heteroatoms. The summed E-state index contributed by atoms with van der Waals surface area (Å²) in [4.78, 5) is 16.6. The molecule has 2 aromatic rings. The van der Waals surface area contributed by atoms with E-state index < -0.39 is 16.0 Å². The van der Waals surface area contributed by atoms with Gasteiger partial charge < -0.3 is 4.74 Å². The van der Waals surface area contributed by atoms with E-state index in [1.54, 1.807) is 18.3 Å². The van der Waals surface area contributed by atoms with E-state index >= 15 is 0 Å². The van der Waals surface area contributed by atoms with Crippen LogP contribution in [0.3, 0.4) is 0 Å². The second kappa shape index (κ2) is 6.33. The maximum Gasteiger partial charge on any atom is 0.339 e. The average Bonchev–Trinajstić information content (AvgIpc) is 2.90. The Bertz CT molecular complexity index is 753. The number of aromatic nitrogens is 1. The number of esters is 1. The van der Waals surface area contributed by atoms with Gasteiger partial charge in [0.05, 0.1) is 24.1 Å². The van der Waals surface area contributed by atoms with Crippen molar-refractivity contribution in [3.05, 3.63) is 45.9 Å². The van der Waals surface area contributed by atoms with Crippen LogP contribution in [-0.4, -0.2) is 26.5 Å². The van der Waals surface area contributed by atoms with Crippen LogP contribution in [0.15, 0.2) is 35.4 Å². The Kier molecular flexibility index (Phi) is 4.71. The van der Waals surface area contributed by atoms with Crippen LogP contribution in [0.25, 0.3) is 0 Å². The van der Waals surface area contributed by atoms with Crippen LogP contribution in [0.4, 0.5) is 0 Å². The second-order valence-electron chi connectivity index (χ2n) is 4.18. The molecule has 0 radical (unpaired) electrons. The highest BCUT2D eigenvalue weighted by atomic mass is 32.2. The van der Waals surface area contributed by atoms with E-state index in [4.69, 9.17) is 0 Å². The van der Waals surface area contributed by atoms with E-state index in [0.717, 1.165) is 4.88 Å². The van der Waals surface area contributed by atoms with Gasteiger partial charge in [-0.25, -0.2) is 22.9 Å². The fraction of sp³-hybridized carbons (Fsp3) is 0.231. The minimum Gasteiger partial charge on any atom is -0.465 e. The molecule has 0 saturated carbocycles. The lowest BCUT2D eigenvalue weighted by Gasteiger charge is -2.09. The van der Waals surface area contributed by atoms with Gasteiger partial charge in [-0.15, -0.1) is 11.3 Å². The van der Waals surface area contributed by atoms with Crippen molar-refractivity contribution in [3.63, 3.8) is 0 Å². The van der Waals surface area contributed by atoms with E-state index in [9.17, 15) is 13.2 Å². The first-order valence-electron chi connectivity index (χ1n) is 6.02. The summed E-state index contributed by atoms with van der Waals surface area (Å²) in [6, 6.07) is 5.90. The van der Waals surface area contributed by atoms with Crippen LogP contribution in [-0.2, 0) is 21.3 Å². The minimum atomic E-state index is -3.82. The summed E-state index contributed by atoms with van der Waals surface area (Å²) >= 11 is 1.41. The number of carbonyl (C=O) groups is 1. The molecule has 1 aromatic heterocycles. The molecule has 112 valence electrons. The molecular weight excluding hydrogens is 312 g/mol. The smallest absolute Gasteiger partial charge is 0.339 e. The van der Waals surface area contributed by atoms with Crippen molar-refractivity contribution in [3.8, 4) is 0 Å². The standard InChI is InChI=1S/C13H14N2O4S2/c1-9-7-14-12(20-9)8-15-21(17,18)11-6-4-3-5-10(11)13(16)19-2/h3-7,15H,8H2,1-2H3. The van der Waals surface area contributed by atoms with Crippen molar-refractivity contribution in [2.24, 2.45) is 0 Å². The number of hydrogen-bond donors (Lipinski definition) is 1. The largest absolute Gasteiger partial charge is 0.465 e. The number of benzene rings is 1. The van der Waals surface area contributed by atoms with E-state index in [2.05, 4.69) is 14.4 Å². The van der Waals surface area contributed by atoms with E-state index in [-0.39, 0.29) is 17.0 Å². The molecule has 6 nitrogen and oxygen atoms in total. The molecule has 2 rings (SSSR count). The third-order valence-electron chi connectivity index (χ3n) is 2.66. The molecule has 21 heavy (non-hydrogen) atoms. The zero-order chi connectivity index (χ0) is 15.5. The average molecular weight is 326 g/mol. The lowest BCUT2D eigenvalue weighted by Crippen LogP contribution is -2.25. The number of sulfonamides is 1. The number of thiazole rings is 1. The Labute approximate surface area is 126 Å². The molecular formula is C13H14N2O4S2. The fourth-order valence-electron chi connectivity index (χ4n) is 1.70. The zero-order valence-corrected chi connectivity index (χ0v) is 13.1. The summed E-state index contributed by atoms with van der Waals surface area (Å²) in [7, 11) is -2.61. The molecule has 0 atom stereocenters. The number of aryl methyl sites for hydroxylation is 1. The molecule has 0 saturated heterocycles. The molecule has 0 aliphatic heterocycles. The van der Waals surface area contributed by atoms with Crippen molar-refractivity contribution in [1.29, 1.82) is 0 Å². The molecule has 1 aromatic carbocycles. The van der Waals surface area contributed by atoms with Crippen molar-refractivity contribution in [1.82, 2.24) is 9.71 Å². The van der Waals surface area contributed by atoms with Crippen LogP contribution in [0.1, 0.15) is 20.2 Å². The SMILES string of the molecule is COC(=O)c1ccccc1S(=O)(=O)NCc1ncc(C)s1. The monoisotopic (exact) mass is 326 g/mol. The normalized spacial score (nSPS) is 11.3. The second-order valence-corrected chi connectivity index (χ2v) is 7.23. The molecule has 0 spiro atoms. The van der Waals surface area contributed by atoms with Gasteiger partial charge in [-0.2, -0.15) is 0 Å². The Balaban J connectivity index is 2.25. The fourth-order valence-corrected chi connectivity index (χ4v) is 3.70. The zero-order valence-electron chi connectivity index (χ0n) is 11.5. The Morgan fingerprint density at radius 3 is 2.71 bits per heavy atom. The first-order valence-corrected chi connectivity index (χ1v) is 8.32. The van der Waals surface area contributed by atoms with Gasteiger partial charge in [0.25, 0.3) is 0 Å². The summed E-state index contributed by atoms with van der Waals surface area (Å²) < 4.78 is 31.7. The number of carbonyl (C=O) groups excluding carboxylic acids is 1. The van der Waals surface area contributed by atoms with E-state index in [0.29, 0.717) is 5.01 Å². The quantitative estimate of drug-likeness (QED) is 0.846. The van der Waals surface area contributed by atoms with Gasteiger partial charge in [-0.1, -0.05) is 12.1 Å². The minimum absolute atomic E-state index is 0.00261. The molecule has 0 amide bonds. The lowest BCUT2D eigenvalue weighted by atomic mass is 10.2. The van der Waals surface area contributed by atoms with Gasteiger partial charge in [0.15, 0.2) is 0 Å². The molecule has 1 N–H and O–H groups in total. The van der Waals surface area contributed by atoms with Gasteiger partial charge in [-0.3, -0.25) is 0 Å². The lowest BCUT2D eigenvalue weighted by molar-refractivity contribution is 0.0596. The highest BCUT2D eigenvalue weighted by Crippen LogP contribution is 2.17. The van der Waals surface area contributed by atoms with Crippen molar-refractivity contribution < 1.29 is 17.9 Å². The summed E-state index contributed by atoms with van der Waals surface area (Å²) in [5, 5.41) is 0.659.